The Morgan fingerprint density at radius 1 is 1.47 bits per heavy atom. The van der Waals surface area contributed by atoms with E-state index in [0.717, 1.165) is 11.3 Å². The summed E-state index contributed by atoms with van der Waals surface area (Å²) >= 11 is 4.97. The van der Waals surface area contributed by atoms with E-state index in [1.807, 2.05) is 31.2 Å². The van der Waals surface area contributed by atoms with E-state index in [1.165, 1.54) is 11.0 Å². The molecule has 1 heterocycles. The lowest BCUT2D eigenvalue weighted by molar-refractivity contribution is 0.340. The Bertz CT molecular complexity index is 555. The van der Waals surface area contributed by atoms with Crippen LogP contribution in [0.4, 0.5) is 0 Å². The van der Waals surface area contributed by atoms with Crippen molar-refractivity contribution >= 4 is 18.4 Å². The van der Waals surface area contributed by atoms with Crippen LogP contribution < -0.4 is 4.74 Å². The van der Waals surface area contributed by atoms with Crippen LogP contribution >= 0.6 is 12.2 Å². The number of benzene rings is 1. The average Bonchev–Trinajstić information content (AvgIpc) is 2.75. The van der Waals surface area contributed by atoms with Gasteiger partial charge in [-0.3, -0.25) is 5.10 Å². The zero-order chi connectivity index (χ0) is 12.1. The lowest BCUT2D eigenvalue weighted by atomic mass is 10.2. The van der Waals surface area contributed by atoms with Gasteiger partial charge in [0.15, 0.2) is 0 Å². The SMILES string of the molecule is CCOc1ccc(C=Nn2cn[nH]c2=S)cc1. The van der Waals surface area contributed by atoms with Gasteiger partial charge in [-0.05, 0) is 49.0 Å². The lowest BCUT2D eigenvalue weighted by Gasteiger charge is -2.01. The van der Waals surface area contributed by atoms with Crippen LogP contribution in [0.2, 0.25) is 0 Å². The molecule has 88 valence electrons. The van der Waals surface area contributed by atoms with E-state index < -0.39 is 0 Å². The van der Waals surface area contributed by atoms with E-state index in [4.69, 9.17) is 17.0 Å². The third kappa shape index (κ3) is 3.01. The molecule has 17 heavy (non-hydrogen) atoms. The van der Waals surface area contributed by atoms with Crippen LogP contribution in [-0.2, 0) is 0 Å². The maximum Gasteiger partial charge on any atom is 0.216 e. The highest BCUT2D eigenvalue weighted by atomic mass is 32.1. The first-order valence-corrected chi connectivity index (χ1v) is 5.59. The van der Waals surface area contributed by atoms with Gasteiger partial charge >= 0.3 is 0 Å². The number of aromatic nitrogens is 3. The maximum absolute atomic E-state index is 5.35. The van der Waals surface area contributed by atoms with Crippen molar-refractivity contribution in [1.82, 2.24) is 14.9 Å². The number of nitrogens with one attached hydrogen (secondary N) is 1. The molecule has 0 fully saturated rings. The van der Waals surface area contributed by atoms with Crippen molar-refractivity contribution in [2.24, 2.45) is 5.10 Å². The molecular formula is C11H12N4OS. The van der Waals surface area contributed by atoms with Crippen molar-refractivity contribution in [1.29, 1.82) is 0 Å². The molecule has 5 nitrogen and oxygen atoms in total. The van der Waals surface area contributed by atoms with E-state index >= 15 is 0 Å². The van der Waals surface area contributed by atoms with Gasteiger partial charge in [-0.1, -0.05) is 0 Å². The Kier molecular flexibility index (Phi) is 3.66. The van der Waals surface area contributed by atoms with Crippen molar-refractivity contribution in [2.75, 3.05) is 6.61 Å². The minimum atomic E-state index is 0.465. The zero-order valence-electron chi connectivity index (χ0n) is 9.33. The summed E-state index contributed by atoms with van der Waals surface area (Å²) in [5.41, 5.74) is 0.969. The number of H-pyrrole nitrogens is 1. The van der Waals surface area contributed by atoms with Gasteiger partial charge < -0.3 is 4.74 Å². The topological polar surface area (TPSA) is 55.2 Å². The van der Waals surface area contributed by atoms with Crippen LogP contribution in [0, 0.1) is 4.77 Å². The summed E-state index contributed by atoms with van der Waals surface area (Å²) in [5.74, 6) is 0.851. The molecule has 1 aromatic heterocycles. The Labute approximate surface area is 104 Å². The second-order valence-corrected chi connectivity index (χ2v) is 3.64. The van der Waals surface area contributed by atoms with Gasteiger partial charge in [-0.2, -0.15) is 14.9 Å². The molecule has 0 bridgehead atoms. The summed E-state index contributed by atoms with van der Waals surface area (Å²) in [6.07, 6.45) is 3.23. The fraction of sp³-hybridized carbons (Fsp3) is 0.182. The van der Waals surface area contributed by atoms with E-state index in [1.54, 1.807) is 6.21 Å². The highest BCUT2D eigenvalue weighted by molar-refractivity contribution is 7.71. The van der Waals surface area contributed by atoms with Crippen molar-refractivity contribution < 1.29 is 4.74 Å². The Morgan fingerprint density at radius 3 is 2.82 bits per heavy atom. The summed E-state index contributed by atoms with van der Waals surface area (Å²) in [6.45, 7) is 2.62. The van der Waals surface area contributed by atoms with E-state index in [-0.39, 0.29) is 0 Å². The van der Waals surface area contributed by atoms with E-state index in [2.05, 4.69) is 15.3 Å². The van der Waals surface area contributed by atoms with Gasteiger partial charge in [0.2, 0.25) is 4.77 Å². The van der Waals surface area contributed by atoms with Crippen molar-refractivity contribution in [2.45, 2.75) is 6.92 Å². The number of nitrogens with zero attached hydrogens (tertiary/aromatic N) is 3. The Morgan fingerprint density at radius 2 is 2.24 bits per heavy atom. The lowest BCUT2D eigenvalue weighted by Crippen LogP contribution is -1.92. The number of hydrogen-bond donors (Lipinski definition) is 1. The predicted molar refractivity (Wildman–Crippen MR) is 68.0 cm³/mol. The molecule has 0 aliphatic heterocycles. The second kappa shape index (κ2) is 5.40. The molecule has 0 saturated carbocycles. The molecule has 1 N–H and O–H groups in total. The van der Waals surface area contributed by atoms with Crippen LogP contribution in [0.25, 0.3) is 0 Å². The molecule has 0 amide bonds. The molecule has 0 spiro atoms. The molecule has 0 saturated heterocycles. The minimum absolute atomic E-state index is 0.465. The van der Waals surface area contributed by atoms with E-state index in [0.29, 0.717) is 11.4 Å². The first-order chi connectivity index (χ1) is 8.29. The first kappa shape index (κ1) is 11.5. The van der Waals surface area contributed by atoms with Crippen LogP contribution in [0.1, 0.15) is 12.5 Å². The molecule has 0 aliphatic rings. The highest BCUT2D eigenvalue weighted by Gasteiger charge is 1.93. The monoisotopic (exact) mass is 248 g/mol. The minimum Gasteiger partial charge on any atom is -0.494 e. The summed E-state index contributed by atoms with van der Waals surface area (Å²) < 4.78 is 7.31. The van der Waals surface area contributed by atoms with Crippen LogP contribution in [0.3, 0.4) is 0 Å². The van der Waals surface area contributed by atoms with Gasteiger partial charge in [-0.15, -0.1) is 0 Å². The number of aromatic amines is 1. The molecule has 0 atom stereocenters. The van der Waals surface area contributed by atoms with Gasteiger partial charge in [0.05, 0.1) is 12.8 Å². The van der Waals surface area contributed by atoms with Crippen molar-refractivity contribution in [3.8, 4) is 5.75 Å². The summed E-state index contributed by atoms with van der Waals surface area (Å²) in [4.78, 5) is 0. The Balaban J connectivity index is 2.11. The second-order valence-electron chi connectivity index (χ2n) is 3.25. The predicted octanol–water partition coefficient (Wildman–Crippen LogP) is 2.22. The van der Waals surface area contributed by atoms with Gasteiger partial charge in [0, 0.05) is 0 Å². The first-order valence-electron chi connectivity index (χ1n) is 5.19. The van der Waals surface area contributed by atoms with Crippen molar-refractivity contribution in [3.63, 3.8) is 0 Å². The Hall–Kier alpha value is -1.95. The molecule has 0 radical (unpaired) electrons. The molecular weight excluding hydrogens is 236 g/mol. The van der Waals surface area contributed by atoms with Crippen LogP contribution in [0.5, 0.6) is 5.75 Å². The fourth-order valence-electron chi connectivity index (χ4n) is 1.27. The third-order valence-corrected chi connectivity index (χ3v) is 2.34. The summed E-state index contributed by atoms with van der Waals surface area (Å²) in [6, 6.07) is 7.66. The smallest absolute Gasteiger partial charge is 0.216 e. The zero-order valence-corrected chi connectivity index (χ0v) is 10.1. The number of hydrogen-bond acceptors (Lipinski definition) is 4. The summed E-state index contributed by atoms with van der Waals surface area (Å²) in [7, 11) is 0. The van der Waals surface area contributed by atoms with Crippen LogP contribution in [-0.4, -0.2) is 27.7 Å². The summed E-state index contributed by atoms with van der Waals surface area (Å²) in [5, 5.41) is 10.6. The number of rotatable bonds is 4. The highest BCUT2D eigenvalue weighted by Crippen LogP contribution is 2.10. The molecule has 0 aliphatic carbocycles. The third-order valence-electron chi connectivity index (χ3n) is 2.06. The molecule has 2 aromatic rings. The number of ether oxygens (including phenoxy) is 1. The maximum atomic E-state index is 5.35. The van der Waals surface area contributed by atoms with Gasteiger partial charge in [-0.25, -0.2) is 0 Å². The fourth-order valence-corrected chi connectivity index (χ4v) is 1.42. The van der Waals surface area contributed by atoms with Crippen LogP contribution in [0.15, 0.2) is 35.7 Å². The normalized spacial score (nSPS) is 10.9. The molecule has 2 rings (SSSR count). The molecule has 6 heteroatoms. The molecule has 0 unspecified atom stereocenters. The van der Waals surface area contributed by atoms with E-state index in [9.17, 15) is 0 Å². The van der Waals surface area contributed by atoms with Gasteiger partial charge in [0.1, 0.15) is 12.1 Å². The largest absolute Gasteiger partial charge is 0.494 e. The van der Waals surface area contributed by atoms with Crippen molar-refractivity contribution in [3.05, 3.63) is 40.9 Å². The van der Waals surface area contributed by atoms with Gasteiger partial charge in [0.25, 0.3) is 0 Å². The average molecular weight is 248 g/mol. The molecule has 1 aromatic carbocycles. The quantitative estimate of drug-likeness (QED) is 0.666. The standard InChI is InChI=1S/C11H12N4OS/c1-2-16-10-5-3-9(4-6-10)7-13-15-8-12-14-11(15)17/h3-8H,2H2,1H3,(H,14,17).